The van der Waals surface area contributed by atoms with Crippen molar-refractivity contribution in [2.45, 2.75) is 4.90 Å². The number of nitrogen functional groups attached to an aromatic ring is 1. The van der Waals surface area contributed by atoms with Gasteiger partial charge in [-0.1, -0.05) is 11.6 Å². The molecule has 0 aliphatic carbocycles. The van der Waals surface area contributed by atoms with Crippen LogP contribution in [0, 0.1) is 5.82 Å². The first-order valence-electron chi connectivity index (χ1n) is 5.40. The van der Waals surface area contributed by atoms with Crippen LogP contribution in [0.1, 0.15) is 0 Å². The Morgan fingerprint density at radius 2 is 1.70 bits per heavy atom. The summed E-state index contributed by atoms with van der Waals surface area (Å²) in [6.07, 6.45) is 0. The molecule has 0 heterocycles. The molecular weight excluding hydrogens is 305 g/mol. The van der Waals surface area contributed by atoms with Crippen molar-refractivity contribution in [2.24, 2.45) is 5.14 Å². The Kier molecular flexibility index (Phi) is 3.85. The highest BCUT2D eigenvalue weighted by atomic mass is 35.5. The van der Waals surface area contributed by atoms with E-state index >= 15 is 0 Å². The van der Waals surface area contributed by atoms with Crippen molar-refractivity contribution < 1.29 is 12.8 Å². The predicted molar refractivity (Wildman–Crippen MR) is 76.9 cm³/mol. The number of rotatable bonds is 3. The van der Waals surface area contributed by atoms with Gasteiger partial charge in [-0.3, -0.25) is 0 Å². The lowest BCUT2D eigenvalue weighted by Crippen LogP contribution is -2.12. The second-order valence-electron chi connectivity index (χ2n) is 4.12. The fourth-order valence-corrected chi connectivity index (χ4v) is 2.46. The van der Waals surface area contributed by atoms with Crippen LogP contribution < -0.4 is 16.2 Å². The molecule has 0 aliphatic rings. The van der Waals surface area contributed by atoms with E-state index in [2.05, 4.69) is 5.32 Å². The summed E-state index contributed by atoms with van der Waals surface area (Å²) in [4.78, 5) is -0.137. The van der Waals surface area contributed by atoms with Crippen molar-refractivity contribution in [3.8, 4) is 0 Å². The molecule has 0 amide bonds. The second kappa shape index (κ2) is 5.28. The van der Waals surface area contributed by atoms with Crippen molar-refractivity contribution in [3.05, 3.63) is 47.2 Å². The third kappa shape index (κ3) is 3.60. The van der Waals surface area contributed by atoms with E-state index in [1.807, 2.05) is 0 Å². The van der Waals surface area contributed by atoms with E-state index in [0.717, 1.165) is 6.07 Å². The molecule has 0 radical (unpaired) electrons. The Balaban J connectivity index is 2.41. The first-order valence-corrected chi connectivity index (χ1v) is 7.33. The second-order valence-corrected chi connectivity index (χ2v) is 6.12. The monoisotopic (exact) mass is 315 g/mol. The SMILES string of the molecule is Nc1cc(Nc2cc(F)cc(Cl)c2)cc(S(N)(=O)=O)c1. The third-order valence-electron chi connectivity index (χ3n) is 2.41. The predicted octanol–water partition coefficient (Wildman–Crippen LogP) is 2.45. The Morgan fingerprint density at radius 1 is 1.05 bits per heavy atom. The molecule has 0 saturated heterocycles. The highest BCUT2D eigenvalue weighted by molar-refractivity contribution is 7.89. The minimum absolute atomic E-state index is 0.137. The maximum absolute atomic E-state index is 13.2. The molecule has 0 unspecified atom stereocenters. The van der Waals surface area contributed by atoms with Gasteiger partial charge in [0.25, 0.3) is 0 Å². The molecule has 0 saturated carbocycles. The van der Waals surface area contributed by atoms with Crippen molar-refractivity contribution in [3.63, 3.8) is 0 Å². The molecule has 0 atom stereocenters. The van der Waals surface area contributed by atoms with Crippen molar-refractivity contribution in [2.75, 3.05) is 11.1 Å². The summed E-state index contributed by atoms with van der Waals surface area (Å²) in [6.45, 7) is 0. The molecule has 0 bridgehead atoms. The van der Waals surface area contributed by atoms with Crippen molar-refractivity contribution in [1.29, 1.82) is 0 Å². The van der Waals surface area contributed by atoms with E-state index in [-0.39, 0.29) is 15.6 Å². The molecule has 5 nitrogen and oxygen atoms in total. The lowest BCUT2D eigenvalue weighted by Gasteiger charge is -2.10. The third-order valence-corrected chi connectivity index (χ3v) is 3.52. The van der Waals surface area contributed by atoms with Crippen LogP contribution >= 0.6 is 11.6 Å². The number of anilines is 3. The smallest absolute Gasteiger partial charge is 0.238 e. The number of primary sulfonamides is 1. The molecule has 0 fully saturated rings. The zero-order chi connectivity index (χ0) is 14.9. The molecule has 106 valence electrons. The average Bonchev–Trinajstić information content (AvgIpc) is 2.25. The van der Waals surface area contributed by atoms with Crippen LogP contribution in [0.3, 0.4) is 0 Å². The van der Waals surface area contributed by atoms with E-state index < -0.39 is 15.8 Å². The van der Waals surface area contributed by atoms with E-state index in [4.69, 9.17) is 22.5 Å². The lowest BCUT2D eigenvalue weighted by molar-refractivity contribution is 0.598. The van der Waals surface area contributed by atoms with E-state index in [1.54, 1.807) is 0 Å². The van der Waals surface area contributed by atoms with Crippen LogP contribution in [0.4, 0.5) is 21.5 Å². The molecule has 0 spiro atoms. The van der Waals surface area contributed by atoms with Crippen molar-refractivity contribution in [1.82, 2.24) is 0 Å². The zero-order valence-electron chi connectivity index (χ0n) is 10.1. The summed E-state index contributed by atoms with van der Waals surface area (Å²) < 4.78 is 35.8. The molecule has 5 N–H and O–H groups in total. The topological polar surface area (TPSA) is 98.2 Å². The van der Waals surface area contributed by atoms with Crippen molar-refractivity contribution >= 4 is 38.7 Å². The molecule has 20 heavy (non-hydrogen) atoms. The number of nitrogens with one attached hydrogen (secondary N) is 1. The van der Waals surface area contributed by atoms with Crippen LogP contribution in [-0.2, 0) is 10.0 Å². The van der Waals surface area contributed by atoms with Crippen LogP contribution in [0.5, 0.6) is 0 Å². The number of benzene rings is 2. The first-order chi connectivity index (χ1) is 9.24. The van der Waals surface area contributed by atoms with Gasteiger partial charge in [0.2, 0.25) is 10.0 Å². The minimum Gasteiger partial charge on any atom is -0.399 e. The van der Waals surface area contributed by atoms with E-state index in [9.17, 15) is 12.8 Å². The van der Waals surface area contributed by atoms with Crippen LogP contribution in [0.15, 0.2) is 41.3 Å². The number of sulfonamides is 1. The Bertz CT molecular complexity index is 745. The molecule has 2 rings (SSSR count). The Hall–Kier alpha value is -1.83. The molecule has 2 aromatic carbocycles. The van der Waals surface area contributed by atoms with Gasteiger partial charge in [0, 0.05) is 22.1 Å². The van der Waals surface area contributed by atoms with Gasteiger partial charge >= 0.3 is 0 Å². The highest BCUT2D eigenvalue weighted by Gasteiger charge is 2.10. The molecule has 0 aromatic heterocycles. The maximum atomic E-state index is 13.2. The number of nitrogens with two attached hydrogens (primary N) is 2. The first kappa shape index (κ1) is 14.6. The normalized spacial score (nSPS) is 11.3. The van der Waals surface area contributed by atoms with Gasteiger partial charge in [-0.05, 0) is 36.4 Å². The summed E-state index contributed by atoms with van der Waals surface area (Å²) in [6, 6.07) is 7.88. The van der Waals surface area contributed by atoms with Crippen LogP contribution in [0.2, 0.25) is 5.02 Å². The fourth-order valence-electron chi connectivity index (χ4n) is 1.65. The highest BCUT2D eigenvalue weighted by Crippen LogP contribution is 2.25. The standard InChI is InChI=1S/C12H11ClFN3O2S/c13-7-1-8(14)3-10(2-7)17-11-4-9(15)5-12(6-11)20(16,18)19/h1-6,17H,15H2,(H2,16,18,19). The molecular formula is C12H11ClFN3O2S. The van der Waals surface area contributed by atoms with E-state index in [1.165, 1.54) is 30.3 Å². The van der Waals surface area contributed by atoms with E-state index in [0.29, 0.717) is 11.4 Å². The lowest BCUT2D eigenvalue weighted by atomic mass is 10.2. The van der Waals surface area contributed by atoms with Gasteiger partial charge < -0.3 is 11.1 Å². The van der Waals surface area contributed by atoms with Gasteiger partial charge in [-0.15, -0.1) is 0 Å². The Labute approximate surface area is 120 Å². The molecule has 0 aliphatic heterocycles. The average molecular weight is 316 g/mol. The number of hydrogen-bond acceptors (Lipinski definition) is 4. The largest absolute Gasteiger partial charge is 0.399 e. The summed E-state index contributed by atoms with van der Waals surface area (Å²) in [5.74, 6) is -0.518. The molecule has 2 aromatic rings. The van der Waals surface area contributed by atoms with Gasteiger partial charge in [0.15, 0.2) is 0 Å². The Morgan fingerprint density at radius 3 is 2.30 bits per heavy atom. The fraction of sp³-hybridized carbons (Fsp3) is 0. The van der Waals surface area contributed by atoms with Gasteiger partial charge in [-0.25, -0.2) is 17.9 Å². The number of halogens is 2. The van der Waals surface area contributed by atoms with Gasteiger partial charge in [0.1, 0.15) is 5.82 Å². The quantitative estimate of drug-likeness (QED) is 0.758. The molecule has 8 heteroatoms. The zero-order valence-corrected chi connectivity index (χ0v) is 11.7. The summed E-state index contributed by atoms with van der Waals surface area (Å²) >= 11 is 5.73. The summed E-state index contributed by atoms with van der Waals surface area (Å²) in [5.41, 5.74) is 6.54. The summed E-state index contributed by atoms with van der Waals surface area (Å²) in [7, 11) is -3.88. The van der Waals surface area contributed by atoms with Gasteiger partial charge in [-0.2, -0.15) is 0 Å². The van der Waals surface area contributed by atoms with Crippen LogP contribution in [0.25, 0.3) is 0 Å². The number of hydrogen-bond donors (Lipinski definition) is 3. The maximum Gasteiger partial charge on any atom is 0.238 e. The van der Waals surface area contributed by atoms with Gasteiger partial charge in [0.05, 0.1) is 4.90 Å². The van der Waals surface area contributed by atoms with Crippen LogP contribution in [-0.4, -0.2) is 8.42 Å². The summed E-state index contributed by atoms with van der Waals surface area (Å²) in [5, 5.41) is 8.07. The minimum atomic E-state index is -3.88.